The Kier molecular flexibility index (Phi) is 6.17. The van der Waals surface area contributed by atoms with Gasteiger partial charge in [-0.15, -0.1) is 10.2 Å². The predicted molar refractivity (Wildman–Crippen MR) is 103 cm³/mol. The minimum atomic E-state index is -0.241. The van der Waals surface area contributed by atoms with Crippen LogP contribution < -0.4 is 16.0 Å². The van der Waals surface area contributed by atoms with Crippen molar-refractivity contribution in [2.24, 2.45) is 0 Å². The Morgan fingerprint density at radius 1 is 1.12 bits per heavy atom. The van der Waals surface area contributed by atoms with E-state index in [9.17, 15) is 9.59 Å². The van der Waals surface area contributed by atoms with Crippen molar-refractivity contribution >= 4 is 34.1 Å². The predicted octanol–water partition coefficient (Wildman–Crippen LogP) is 3.81. The summed E-state index contributed by atoms with van der Waals surface area (Å²) in [5.41, 5.74) is 1.15. The van der Waals surface area contributed by atoms with Crippen LogP contribution in [0.25, 0.3) is 0 Å². The third kappa shape index (κ3) is 5.52. The van der Waals surface area contributed by atoms with Crippen molar-refractivity contribution in [3.63, 3.8) is 0 Å². The van der Waals surface area contributed by atoms with Gasteiger partial charge in [0, 0.05) is 23.7 Å². The molecule has 1 saturated carbocycles. The minimum Gasteiger partial charge on any atom is -0.335 e. The quantitative estimate of drug-likeness (QED) is 0.613. The van der Waals surface area contributed by atoms with E-state index in [1.807, 2.05) is 0 Å². The Bertz CT molecular complexity index is 755. The Morgan fingerprint density at radius 3 is 2.58 bits per heavy atom. The lowest BCUT2D eigenvalue weighted by Gasteiger charge is -2.07. The van der Waals surface area contributed by atoms with Crippen molar-refractivity contribution in [2.45, 2.75) is 51.5 Å². The van der Waals surface area contributed by atoms with Gasteiger partial charge in [0.25, 0.3) is 5.91 Å². The van der Waals surface area contributed by atoms with Gasteiger partial charge in [0.05, 0.1) is 0 Å². The maximum absolute atomic E-state index is 12.3. The summed E-state index contributed by atoms with van der Waals surface area (Å²) in [7, 11) is 0. The lowest BCUT2D eigenvalue weighted by Crippen LogP contribution is -2.30. The number of rotatable bonds is 8. The number of urea groups is 1. The summed E-state index contributed by atoms with van der Waals surface area (Å²) in [6.45, 7) is 2.16. The van der Waals surface area contributed by atoms with E-state index in [1.165, 1.54) is 17.8 Å². The summed E-state index contributed by atoms with van der Waals surface area (Å²) >= 11 is 1.41. The number of aryl methyl sites for hydroxylation is 1. The number of nitrogens with one attached hydrogen (secondary N) is 3. The zero-order valence-electron chi connectivity index (χ0n) is 14.7. The Hall–Kier alpha value is -2.48. The van der Waals surface area contributed by atoms with Gasteiger partial charge in [-0.25, -0.2) is 4.79 Å². The van der Waals surface area contributed by atoms with Gasteiger partial charge in [0.1, 0.15) is 5.01 Å². The summed E-state index contributed by atoms with van der Waals surface area (Å²) in [6, 6.07) is 6.85. The van der Waals surface area contributed by atoms with Gasteiger partial charge in [-0.3, -0.25) is 10.1 Å². The van der Waals surface area contributed by atoms with E-state index in [0.29, 0.717) is 22.4 Å². The highest BCUT2D eigenvalue weighted by molar-refractivity contribution is 7.15. The highest BCUT2D eigenvalue weighted by Gasteiger charge is 2.23. The van der Waals surface area contributed by atoms with Crippen molar-refractivity contribution in [1.82, 2.24) is 15.5 Å². The molecule has 2 aromatic rings. The van der Waals surface area contributed by atoms with Crippen molar-refractivity contribution < 1.29 is 9.59 Å². The fourth-order valence-corrected chi connectivity index (χ4v) is 3.16. The number of benzene rings is 1. The molecule has 1 aromatic carbocycles. The second-order valence-corrected chi connectivity index (χ2v) is 7.42. The Morgan fingerprint density at radius 2 is 1.88 bits per heavy atom. The third-order valence-electron chi connectivity index (χ3n) is 4.00. The number of unbranched alkanes of at least 4 members (excludes halogenated alkanes) is 2. The van der Waals surface area contributed by atoms with E-state index in [-0.39, 0.29) is 11.9 Å². The standard InChI is InChI=1S/C18H23N5O2S/c1-2-3-4-5-15-22-23-18(26-15)21-16(24)12-6-8-13(9-7-12)19-17(25)20-14-10-11-14/h6-9,14H,2-5,10-11H2,1H3,(H2,19,20,25)(H,21,23,24). The monoisotopic (exact) mass is 373 g/mol. The van der Waals surface area contributed by atoms with E-state index in [1.54, 1.807) is 24.3 Å². The van der Waals surface area contributed by atoms with Crippen LogP contribution >= 0.6 is 11.3 Å². The summed E-state index contributed by atoms with van der Waals surface area (Å²) < 4.78 is 0. The molecule has 3 rings (SSSR count). The van der Waals surface area contributed by atoms with Gasteiger partial charge in [0.2, 0.25) is 5.13 Å². The molecule has 1 aromatic heterocycles. The molecule has 0 atom stereocenters. The molecule has 0 aliphatic heterocycles. The van der Waals surface area contributed by atoms with Crippen LogP contribution in [0.15, 0.2) is 24.3 Å². The molecule has 3 amide bonds. The number of amides is 3. The molecule has 26 heavy (non-hydrogen) atoms. The average molecular weight is 373 g/mol. The fourth-order valence-electron chi connectivity index (χ4n) is 2.39. The van der Waals surface area contributed by atoms with E-state index in [2.05, 4.69) is 33.1 Å². The zero-order chi connectivity index (χ0) is 18.4. The maximum atomic E-state index is 12.3. The highest BCUT2D eigenvalue weighted by atomic mass is 32.1. The van der Waals surface area contributed by atoms with Gasteiger partial charge >= 0.3 is 6.03 Å². The molecule has 0 unspecified atom stereocenters. The lowest BCUT2D eigenvalue weighted by molar-refractivity contribution is 0.102. The molecule has 3 N–H and O–H groups in total. The molecular weight excluding hydrogens is 350 g/mol. The molecule has 7 nitrogen and oxygen atoms in total. The first-order valence-electron chi connectivity index (χ1n) is 8.95. The average Bonchev–Trinajstić information content (AvgIpc) is 3.33. The molecule has 138 valence electrons. The van der Waals surface area contributed by atoms with E-state index < -0.39 is 0 Å². The van der Waals surface area contributed by atoms with Crippen LogP contribution in [0.3, 0.4) is 0 Å². The summed E-state index contributed by atoms with van der Waals surface area (Å²) in [6.07, 6.45) is 6.39. The Labute approximate surface area is 156 Å². The van der Waals surface area contributed by atoms with Crippen LogP contribution in [0, 0.1) is 0 Å². The number of nitrogens with zero attached hydrogens (tertiary/aromatic N) is 2. The first kappa shape index (κ1) is 18.3. The molecule has 0 bridgehead atoms. The highest BCUT2D eigenvalue weighted by Crippen LogP contribution is 2.20. The van der Waals surface area contributed by atoms with Gasteiger partial charge in [-0.2, -0.15) is 0 Å². The van der Waals surface area contributed by atoms with Crippen molar-refractivity contribution in [2.75, 3.05) is 10.6 Å². The smallest absolute Gasteiger partial charge is 0.319 e. The number of anilines is 2. The molecule has 0 saturated heterocycles. The van der Waals surface area contributed by atoms with Gasteiger partial charge < -0.3 is 10.6 Å². The topological polar surface area (TPSA) is 96.0 Å². The largest absolute Gasteiger partial charge is 0.335 e. The maximum Gasteiger partial charge on any atom is 0.319 e. The molecule has 1 aliphatic carbocycles. The number of carbonyl (C=O) groups is 2. The summed E-state index contributed by atoms with van der Waals surface area (Å²) in [5.74, 6) is -0.241. The molecule has 1 aliphatic rings. The first-order chi connectivity index (χ1) is 12.6. The normalized spacial score (nSPS) is 13.3. The van der Waals surface area contributed by atoms with Crippen molar-refractivity contribution in [1.29, 1.82) is 0 Å². The molecule has 0 spiro atoms. The van der Waals surface area contributed by atoms with Crippen LogP contribution in [-0.4, -0.2) is 28.2 Å². The number of carbonyl (C=O) groups excluding carboxylic acids is 2. The Balaban J connectivity index is 1.50. The van der Waals surface area contributed by atoms with E-state index >= 15 is 0 Å². The van der Waals surface area contributed by atoms with Crippen LogP contribution in [0.2, 0.25) is 0 Å². The van der Waals surface area contributed by atoms with Crippen LogP contribution in [-0.2, 0) is 6.42 Å². The second-order valence-electron chi connectivity index (χ2n) is 6.36. The second kappa shape index (κ2) is 8.75. The minimum absolute atomic E-state index is 0.214. The van der Waals surface area contributed by atoms with Crippen LogP contribution in [0.1, 0.15) is 54.4 Å². The van der Waals surface area contributed by atoms with E-state index in [0.717, 1.165) is 37.1 Å². The molecular formula is C18H23N5O2S. The van der Waals surface area contributed by atoms with Gasteiger partial charge in [0.15, 0.2) is 0 Å². The third-order valence-corrected chi connectivity index (χ3v) is 4.90. The molecule has 0 radical (unpaired) electrons. The zero-order valence-corrected chi connectivity index (χ0v) is 15.6. The van der Waals surface area contributed by atoms with E-state index in [4.69, 9.17) is 0 Å². The SMILES string of the molecule is CCCCCc1nnc(NC(=O)c2ccc(NC(=O)NC3CC3)cc2)s1. The van der Waals surface area contributed by atoms with Gasteiger partial charge in [-0.1, -0.05) is 31.1 Å². The number of hydrogen-bond acceptors (Lipinski definition) is 5. The molecule has 8 heteroatoms. The van der Waals surface area contributed by atoms with Gasteiger partial charge in [-0.05, 0) is 43.5 Å². The van der Waals surface area contributed by atoms with Crippen molar-refractivity contribution in [3.8, 4) is 0 Å². The fraction of sp³-hybridized carbons (Fsp3) is 0.444. The summed E-state index contributed by atoms with van der Waals surface area (Å²) in [4.78, 5) is 24.0. The number of hydrogen-bond donors (Lipinski definition) is 3. The molecule has 1 heterocycles. The number of aromatic nitrogens is 2. The lowest BCUT2D eigenvalue weighted by atomic mass is 10.2. The van der Waals surface area contributed by atoms with Crippen LogP contribution in [0.5, 0.6) is 0 Å². The molecule has 1 fully saturated rings. The first-order valence-corrected chi connectivity index (χ1v) is 9.77. The summed E-state index contributed by atoms with van der Waals surface area (Å²) in [5, 5.41) is 18.0. The van der Waals surface area contributed by atoms with Crippen LogP contribution in [0.4, 0.5) is 15.6 Å². The van der Waals surface area contributed by atoms with Crippen molar-refractivity contribution in [3.05, 3.63) is 34.8 Å².